The van der Waals surface area contributed by atoms with Gasteiger partial charge < -0.3 is 14.6 Å². The lowest BCUT2D eigenvalue weighted by molar-refractivity contribution is -0.140. The Balaban J connectivity index is -0.0000000356. The summed E-state index contributed by atoms with van der Waals surface area (Å²) < 4.78 is 8.57. The average molecular weight is 296 g/mol. The van der Waals surface area contributed by atoms with E-state index < -0.39 is 5.97 Å². The second-order valence-corrected chi connectivity index (χ2v) is 2.22. The summed E-state index contributed by atoms with van der Waals surface area (Å²) in [5, 5.41) is 7.42. The second-order valence-electron chi connectivity index (χ2n) is 2.22. The van der Waals surface area contributed by atoms with Crippen LogP contribution in [0.2, 0.25) is 0 Å². The SMILES string of the molecule is C=C.C=COC(C)=O.CC(=O)O.CCOC(C)=O.O=O.[HH]. The molecule has 0 aromatic heterocycles. The smallest absolute Gasteiger partial charge is 0.307 e. The van der Waals surface area contributed by atoms with Crippen LogP contribution in [0.1, 0.15) is 29.1 Å². The molecule has 0 aliphatic carbocycles. The number of aliphatic carboxylic acids is 1. The fourth-order valence-corrected chi connectivity index (χ4v) is 0.321. The van der Waals surface area contributed by atoms with Crippen molar-refractivity contribution in [1.29, 1.82) is 0 Å². The standard InChI is InChI=1S/C4H8O2.C4H6O2.C2H4O2.C2H4.O2.H2/c2*1-3-6-4(2)5;1-2(3)4;2*1-2;/h3H2,1-2H3;3H,1H2,2H3;1H3,(H,3,4);1-2H2;;1H. The first-order chi connectivity index (χ1) is 9.27. The normalized spacial score (nSPS) is 6.00. The van der Waals surface area contributed by atoms with Crippen LogP contribution in [-0.4, -0.2) is 29.6 Å². The van der Waals surface area contributed by atoms with E-state index in [1.807, 2.05) is 0 Å². The van der Waals surface area contributed by atoms with E-state index >= 15 is 0 Å². The molecule has 1 N–H and O–H groups in total. The van der Waals surface area contributed by atoms with Crippen LogP contribution < -0.4 is 0 Å². The monoisotopic (exact) mass is 296 g/mol. The van der Waals surface area contributed by atoms with E-state index in [-0.39, 0.29) is 13.4 Å². The fourth-order valence-electron chi connectivity index (χ4n) is 0.321. The molecule has 0 heterocycles. The molecule has 0 fully saturated rings. The Hall–Kier alpha value is -2.51. The van der Waals surface area contributed by atoms with Gasteiger partial charge in [0.2, 0.25) is 0 Å². The van der Waals surface area contributed by atoms with Crippen LogP contribution in [0.15, 0.2) is 26.0 Å². The highest BCUT2D eigenvalue weighted by atomic mass is 16.7. The van der Waals surface area contributed by atoms with E-state index in [9.17, 15) is 9.59 Å². The summed E-state index contributed by atoms with van der Waals surface area (Å²) >= 11 is 0. The zero-order valence-electron chi connectivity index (χ0n) is 12.2. The van der Waals surface area contributed by atoms with Gasteiger partial charge in [-0.1, -0.05) is 6.58 Å². The topological polar surface area (TPSA) is 124 Å². The van der Waals surface area contributed by atoms with Gasteiger partial charge in [-0.25, -0.2) is 0 Å². The highest BCUT2D eigenvalue weighted by Gasteiger charge is 1.81. The van der Waals surface area contributed by atoms with Crippen molar-refractivity contribution >= 4 is 17.9 Å². The van der Waals surface area contributed by atoms with Gasteiger partial charge in [-0.15, -0.1) is 13.2 Å². The fraction of sp³-hybridized carbons (Fsp3) is 0.417. The molecule has 0 aromatic carbocycles. The molecule has 8 nitrogen and oxygen atoms in total. The van der Waals surface area contributed by atoms with Gasteiger partial charge >= 0.3 is 11.9 Å². The highest BCUT2D eigenvalue weighted by Crippen LogP contribution is 1.70. The first kappa shape index (κ1) is 30.5. The van der Waals surface area contributed by atoms with Crippen molar-refractivity contribution in [3.63, 3.8) is 0 Å². The van der Waals surface area contributed by atoms with Crippen LogP contribution in [0.5, 0.6) is 0 Å². The molecule has 20 heavy (non-hydrogen) atoms. The largest absolute Gasteiger partial charge is 0.481 e. The number of carboxylic acids is 1. The molecule has 0 aromatic rings. The molecule has 0 aliphatic rings. The summed E-state index contributed by atoms with van der Waals surface area (Å²) in [5.74, 6) is -1.37. The van der Waals surface area contributed by atoms with Gasteiger partial charge in [0, 0.05) is 32.1 Å². The molecule has 0 atom stereocenters. The Morgan fingerprint density at radius 2 is 1.40 bits per heavy atom. The van der Waals surface area contributed by atoms with E-state index in [4.69, 9.17) is 19.8 Å². The Kier molecular flexibility index (Phi) is 54.8. The minimum absolute atomic E-state index is 0. The Morgan fingerprint density at radius 1 is 1.10 bits per heavy atom. The lowest BCUT2D eigenvalue weighted by atomic mass is 10.8. The number of carbonyl (C=O) groups excluding carboxylic acids is 2. The van der Waals surface area contributed by atoms with Crippen LogP contribution in [-0.2, 0) is 23.9 Å². The van der Waals surface area contributed by atoms with E-state index in [1.54, 1.807) is 6.92 Å². The molecule has 0 radical (unpaired) electrons. The molecule has 0 amide bonds. The van der Waals surface area contributed by atoms with Crippen LogP contribution in [0.4, 0.5) is 0 Å². The van der Waals surface area contributed by atoms with E-state index in [1.165, 1.54) is 13.8 Å². The predicted octanol–water partition coefficient (Wildman–Crippen LogP) is 2.47. The summed E-state index contributed by atoms with van der Waals surface area (Å²) in [7, 11) is 0. The van der Waals surface area contributed by atoms with E-state index in [2.05, 4.69) is 29.2 Å². The number of ether oxygens (including phenoxy) is 2. The first-order valence-corrected chi connectivity index (χ1v) is 5.05. The van der Waals surface area contributed by atoms with Gasteiger partial charge in [-0.2, -0.15) is 0 Å². The zero-order valence-corrected chi connectivity index (χ0v) is 12.2. The van der Waals surface area contributed by atoms with Crippen molar-refractivity contribution in [3.05, 3.63) is 35.9 Å². The second kappa shape index (κ2) is 36.0. The van der Waals surface area contributed by atoms with Gasteiger partial charge in [0.05, 0.1) is 12.9 Å². The van der Waals surface area contributed by atoms with Crippen molar-refractivity contribution in [1.82, 2.24) is 0 Å². The van der Waals surface area contributed by atoms with Gasteiger partial charge in [0.25, 0.3) is 5.97 Å². The minimum Gasteiger partial charge on any atom is -0.481 e. The van der Waals surface area contributed by atoms with Crippen LogP contribution >= 0.6 is 0 Å². The number of carbonyl (C=O) groups is 3. The van der Waals surface area contributed by atoms with Crippen molar-refractivity contribution in [2.75, 3.05) is 6.61 Å². The molecule has 0 spiro atoms. The maximum atomic E-state index is 9.82. The third-order valence-corrected chi connectivity index (χ3v) is 0.597. The first-order valence-electron chi connectivity index (χ1n) is 5.05. The summed E-state index contributed by atoms with van der Waals surface area (Å²) in [6.45, 7) is 15.2. The molecular formula is C12H24O8. The van der Waals surface area contributed by atoms with Crippen molar-refractivity contribution in [2.24, 2.45) is 0 Å². The molecule has 0 saturated heterocycles. The molecule has 0 saturated carbocycles. The molecule has 120 valence electrons. The maximum Gasteiger partial charge on any atom is 0.307 e. The van der Waals surface area contributed by atoms with E-state index in [0.717, 1.165) is 13.2 Å². The van der Waals surface area contributed by atoms with Gasteiger partial charge in [-0.05, 0) is 6.92 Å². The third-order valence-electron chi connectivity index (χ3n) is 0.597. The summed E-state index contributed by atoms with van der Waals surface area (Å²) in [6.07, 6.45) is 1.10. The summed E-state index contributed by atoms with van der Waals surface area (Å²) in [5.41, 5.74) is 0. The minimum atomic E-state index is -0.833. The lowest BCUT2D eigenvalue weighted by Crippen LogP contribution is -1.95. The number of rotatable bonds is 2. The molecule has 0 rings (SSSR count). The van der Waals surface area contributed by atoms with Crippen LogP contribution in [0.3, 0.4) is 0 Å². The van der Waals surface area contributed by atoms with Gasteiger partial charge in [0.1, 0.15) is 0 Å². The van der Waals surface area contributed by atoms with Crippen molar-refractivity contribution < 1.29 is 30.4 Å². The highest BCUT2D eigenvalue weighted by molar-refractivity contribution is 5.66. The Labute approximate surface area is 119 Å². The molecule has 8 heteroatoms. The average Bonchev–Trinajstić information content (AvgIpc) is 2.34. The van der Waals surface area contributed by atoms with Crippen molar-refractivity contribution in [2.45, 2.75) is 27.7 Å². The molecular weight excluding hydrogens is 272 g/mol. The summed E-state index contributed by atoms with van der Waals surface area (Å²) in [6, 6.07) is 0. The Morgan fingerprint density at radius 3 is 1.40 bits per heavy atom. The van der Waals surface area contributed by atoms with Crippen LogP contribution in [0.25, 0.3) is 0 Å². The number of carboxylic acid groups (broad SMARTS) is 1. The predicted molar refractivity (Wildman–Crippen MR) is 77.7 cm³/mol. The van der Waals surface area contributed by atoms with Gasteiger partial charge in [-0.3, -0.25) is 14.4 Å². The van der Waals surface area contributed by atoms with Gasteiger partial charge in [0.15, 0.2) is 0 Å². The quantitative estimate of drug-likeness (QED) is 0.468. The lowest BCUT2D eigenvalue weighted by Gasteiger charge is -1.89. The van der Waals surface area contributed by atoms with Crippen LogP contribution in [0, 0.1) is 9.93 Å². The number of esters is 2. The Bertz CT molecular complexity index is 250. The maximum absolute atomic E-state index is 9.82. The summed E-state index contributed by atoms with van der Waals surface area (Å²) in [4.78, 5) is 42.6. The molecule has 0 aliphatic heterocycles. The third kappa shape index (κ3) is 267. The molecule has 0 bridgehead atoms. The molecule has 0 unspecified atom stereocenters. The van der Waals surface area contributed by atoms with E-state index in [0.29, 0.717) is 6.61 Å². The number of hydrogen-bond acceptors (Lipinski definition) is 7. The zero-order chi connectivity index (χ0) is 17.6. The number of hydrogen-bond donors (Lipinski definition) is 1. The van der Waals surface area contributed by atoms with Crippen molar-refractivity contribution in [3.8, 4) is 0 Å².